The molecule has 0 bridgehead atoms. The number of nitrogens with one attached hydrogen (secondary N) is 1. The fourth-order valence-corrected chi connectivity index (χ4v) is 1.12. The molecule has 0 aliphatic heterocycles. The summed E-state index contributed by atoms with van der Waals surface area (Å²) in [6, 6.07) is 7.59. The van der Waals surface area contributed by atoms with E-state index in [4.69, 9.17) is 0 Å². The summed E-state index contributed by atoms with van der Waals surface area (Å²) in [5, 5.41) is 3.24. The minimum absolute atomic E-state index is 0.111. The monoisotopic (exact) mass is 177 g/mol. The van der Waals surface area contributed by atoms with Crippen LogP contribution in [0.1, 0.15) is 30.6 Å². The van der Waals surface area contributed by atoms with Gasteiger partial charge in [0.2, 0.25) is 0 Å². The SMILES string of the molecule is CCCNc1cccc(C(C)=O)c1. The Labute approximate surface area is 79.0 Å². The summed E-state index contributed by atoms with van der Waals surface area (Å²) < 4.78 is 0. The zero-order valence-corrected chi connectivity index (χ0v) is 8.13. The molecule has 1 aromatic carbocycles. The van der Waals surface area contributed by atoms with Gasteiger partial charge < -0.3 is 5.32 Å². The number of hydrogen-bond acceptors (Lipinski definition) is 2. The summed E-state index contributed by atoms with van der Waals surface area (Å²) in [5.74, 6) is 0.111. The van der Waals surface area contributed by atoms with E-state index in [0.717, 1.165) is 24.2 Å². The average Bonchev–Trinajstić information content (AvgIpc) is 2.15. The highest BCUT2D eigenvalue weighted by molar-refractivity contribution is 5.94. The van der Waals surface area contributed by atoms with Crippen molar-refractivity contribution in [1.29, 1.82) is 0 Å². The summed E-state index contributed by atoms with van der Waals surface area (Å²) in [5.41, 5.74) is 1.79. The van der Waals surface area contributed by atoms with Crippen molar-refractivity contribution in [2.45, 2.75) is 20.3 Å². The molecule has 0 aromatic heterocycles. The van der Waals surface area contributed by atoms with Crippen molar-refractivity contribution in [3.63, 3.8) is 0 Å². The molecule has 0 aliphatic rings. The number of Topliss-reactive ketones (excluding diaryl/α,β-unsaturated/α-hetero) is 1. The molecule has 0 radical (unpaired) electrons. The van der Waals surface area contributed by atoms with Gasteiger partial charge in [0.1, 0.15) is 0 Å². The average molecular weight is 177 g/mol. The second-order valence-corrected chi connectivity index (χ2v) is 3.06. The Kier molecular flexibility index (Phi) is 3.50. The first-order chi connectivity index (χ1) is 6.24. The van der Waals surface area contributed by atoms with Crippen LogP contribution in [0, 0.1) is 0 Å². The Morgan fingerprint density at radius 3 is 2.85 bits per heavy atom. The lowest BCUT2D eigenvalue weighted by Crippen LogP contribution is -2.01. The summed E-state index contributed by atoms with van der Waals surface area (Å²) >= 11 is 0. The van der Waals surface area contributed by atoms with Crippen LogP contribution in [0.4, 0.5) is 5.69 Å². The maximum absolute atomic E-state index is 11.0. The molecule has 0 heterocycles. The van der Waals surface area contributed by atoms with Gasteiger partial charge in [-0.25, -0.2) is 0 Å². The van der Waals surface area contributed by atoms with E-state index < -0.39 is 0 Å². The zero-order valence-electron chi connectivity index (χ0n) is 8.13. The molecular formula is C11H15NO. The number of carbonyl (C=O) groups excluding carboxylic acids is 1. The van der Waals surface area contributed by atoms with E-state index in [2.05, 4.69) is 12.2 Å². The van der Waals surface area contributed by atoms with Gasteiger partial charge in [0.25, 0.3) is 0 Å². The zero-order chi connectivity index (χ0) is 9.68. The first-order valence-corrected chi connectivity index (χ1v) is 4.59. The van der Waals surface area contributed by atoms with Gasteiger partial charge in [-0.3, -0.25) is 4.79 Å². The molecule has 1 rings (SSSR count). The van der Waals surface area contributed by atoms with E-state index in [1.54, 1.807) is 6.92 Å². The Morgan fingerprint density at radius 1 is 1.46 bits per heavy atom. The van der Waals surface area contributed by atoms with Crippen LogP contribution in [-0.2, 0) is 0 Å². The maximum Gasteiger partial charge on any atom is 0.159 e. The lowest BCUT2D eigenvalue weighted by atomic mass is 10.1. The fourth-order valence-electron chi connectivity index (χ4n) is 1.12. The van der Waals surface area contributed by atoms with Gasteiger partial charge in [0.05, 0.1) is 0 Å². The Balaban J connectivity index is 2.73. The predicted molar refractivity (Wildman–Crippen MR) is 55.2 cm³/mol. The molecule has 2 nitrogen and oxygen atoms in total. The van der Waals surface area contributed by atoms with E-state index in [1.807, 2.05) is 24.3 Å². The van der Waals surface area contributed by atoms with Crippen LogP contribution < -0.4 is 5.32 Å². The number of ketones is 1. The van der Waals surface area contributed by atoms with Gasteiger partial charge in [-0.1, -0.05) is 19.1 Å². The van der Waals surface area contributed by atoms with Crippen molar-refractivity contribution in [3.8, 4) is 0 Å². The van der Waals surface area contributed by atoms with Crippen molar-refractivity contribution >= 4 is 11.5 Å². The van der Waals surface area contributed by atoms with Crippen molar-refractivity contribution in [2.24, 2.45) is 0 Å². The van der Waals surface area contributed by atoms with Crippen LogP contribution >= 0.6 is 0 Å². The number of anilines is 1. The minimum Gasteiger partial charge on any atom is -0.385 e. The standard InChI is InChI=1S/C11H15NO/c1-3-7-12-11-6-4-5-10(8-11)9(2)13/h4-6,8,12H,3,7H2,1-2H3. The molecule has 0 amide bonds. The molecule has 0 fully saturated rings. The van der Waals surface area contributed by atoms with Gasteiger partial charge in [0.15, 0.2) is 5.78 Å². The molecule has 1 N–H and O–H groups in total. The summed E-state index contributed by atoms with van der Waals surface area (Å²) in [7, 11) is 0. The Bertz CT molecular complexity index is 294. The maximum atomic E-state index is 11.0. The second-order valence-electron chi connectivity index (χ2n) is 3.06. The van der Waals surface area contributed by atoms with Crippen LogP contribution in [0.15, 0.2) is 24.3 Å². The third-order valence-corrected chi connectivity index (χ3v) is 1.85. The van der Waals surface area contributed by atoms with E-state index in [0.29, 0.717) is 0 Å². The minimum atomic E-state index is 0.111. The molecule has 13 heavy (non-hydrogen) atoms. The smallest absolute Gasteiger partial charge is 0.159 e. The van der Waals surface area contributed by atoms with Crippen molar-refractivity contribution in [1.82, 2.24) is 0 Å². The molecule has 0 saturated heterocycles. The summed E-state index contributed by atoms with van der Waals surface area (Å²) in [4.78, 5) is 11.0. The molecule has 0 aliphatic carbocycles. The van der Waals surface area contributed by atoms with Crippen LogP contribution in [-0.4, -0.2) is 12.3 Å². The van der Waals surface area contributed by atoms with Gasteiger partial charge in [0, 0.05) is 17.8 Å². The van der Waals surface area contributed by atoms with E-state index in [-0.39, 0.29) is 5.78 Å². The second kappa shape index (κ2) is 4.65. The number of benzene rings is 1. The Hall–Kier alpha value is -1.31. The highest BCUT2D eigenvalue weighted by Gasteiger charge is 1.98. The topological polar surface area (TPSA) is 29.1 Å². The summed E-state index contributed by atoms with van der Waals surface area (Å²) in [6.07, 6.45) is 1.09. The normalized spacial score (nSPS) is 9.69. The lowest BCUT2D eigenvalue weighted by Gasteiger charge is -2.05. The quantitative estimate of drug-likeness (QED) is 0.716. The predicted octanol–water partition coefficient (Wildman–Crippen LogP) is 2.71. The van der Waals surface area contributed by atoms with Crippen LogP contribution in [0.5, 0.6) is 0 Å². The van der Waals surface area contributed by atoms with E-state index >= 15 is 0 Å². The molecule has 0 spiro atoms. The molecule has 1 aromatic rings. The van der Waals surface area contributed by atoms with Crippen LogP contribution in [0.3, 0.4) is 0 Å². The molecule has 0 atom stereocenters. The van der Waals surface area contributed by atoms with Crippen molar-refractivity contribution in [2.75, 3.05) is 11.9 Å². The fraction of sp³-hybridized carbons (Fsp3) is 0.364. The van der Waals surface area contributed by atoms with E-state index in [1.165, 1.54) is 0 Å². The molecule has 70 valence electrons. The van der Waals surface area contributed by atoms with Crippen molar-refractivity contribution < 1.29 is 4.79 Å². The molecule has 2 heteroatoms. The third-order valence-electron chi connectivity index (χ3n) is 1.85. The Morgan fingerprint density at radius 2 is 2.23 bits per heavy atom. The molecule has 0 unspecified atom stereocenters. The van der Waals surface area contributed by atoms with Gasteiger partial charge in [-0.15, -0.1) is 0 Å². The largest absolute Gasteiger partial charge is 0.385 e. The third kappa shape index (κ3) is 2.90. The van der Waals surface area contributed by atoms with Crippen molar-refractivity contribution in [3.05, 3.63) is 29.8 Å². The number of carbonyl (C=O) groups is 1. The highest BCUT2D eigenvalue weighted by Crippen LogP contribution is 2.10. The summed E-state index contributed by atoms with van der Waals surface area (Å²) in [6.45, 7) is 4.64. The van der Waals surface area contributed by atoms with Crippen LogP contribution in [0.2, 0.25) is 0 Å². The lowest BCUT2D eigenvalue weighted by molar-refractivity contribution is 0.101. The van der Waals surface area contributed by atoms with E-state index in [9.17, 15) is 4.79 Å². The van der Waals surface area contributed by atoms with Gasteiger partial charge in [-0.05, 0) is 25.5 Å². The molecule has 0 saturated carbocycles. The number of rotatable bonds is 4. The van der Waals surface area contributed by atoms with Crippen LogP contribution in [0.25, 0.3) is 0 Å². The van der Waals surface area contributed by atoms with Gasteiger partial charge >= 0.3 is 0 Å². The first kappa shape index (κ1) is 9.78. The van der Waals surface area contributed by atoms with Gasteiger partial charge in [-0.2, -0.15) is 0 Å². The first-order valence-electron chi connectivity index (χ1n) is 4.59. The molecular weight excluding hydrogens is 162 g/mol. The number of hydrogen-bond donors (Lipinski definition) is 1. The highest BCUT2D eigenvalue weighted by atomic mass is 16.1.